The van der Waals surface area contributed by atoms with Gasteiger partial charge in [0.05, 0.1) is 5.52 Å². The number of rotatable bonds is 5. The summed E-state index contributed by atoms with van der Waals surface area (Å²) >= 11 is 6.28. The van der Waals surface area contributed by atoms with Crippen molar-refractivity contribution in [3.63, 3.8) is 0 Å². The SMILES string of the molecule is O=C(NCc1ccnc(F)c1)n1c2c(c3cc(Cl)ccc31)CN(CC=Cc1ccc(F)c(F)c1)CC2. The topological polar surface area (TPSA) is 50.2 Å². The molecule has 184 valence electrons. The first kappa shape index (κ1) is 24.1. The predicted molar refractivity (Wildman–Crippen MR) is 133 cm³/mol. The number of benzene rings is 2. The van der Waals surface area contributed by atoms with Crippen molar-refractivity contribution in [1.82, 2.24) is 19.8 Å². The molecule has 0 bridgehead atoms. The van der Waals surface area contributed by atoms with Crippen LogP contribution in [0.25, 0.3) is 17.0 Å². The third-order valence-corrected chi connectivity index (χ3v) is 6.48. The fraction of sp³-hybridized carbons (Fsp3) is 0.185. The van der Waals surface area contributed by atoms with E-state index in [2.05, 4.69) is 15.2 Å². The lowest BCUT2D eigenvalue weighted by molar-refractivity contribution is 0.240. The van der Waals surface area contributed by atoms with Gasteiger partial charge in [0.15, 0.2) is 11.6 Å². The van der Waals surface area contributed by atoms with E-state index in [-0.39, 0.29) is 12.6 Å². The van der Waals surface area contributed by atoms with Crippen molar-refractivity contribution >= 4 is 34.6 Å². The number of nitrogens with zero attached hydrogens (tertiary/aromatic N) is 3. The van der Waals surface area contributed by atoms with E-state index in [0.29, 0.717) is 42.2 Å². The number of hydrogen-bond donors (Lipinski definition) is 1. The van der Waals surface area contributed by atoms with E-state index < -0.39 is 17.6 Å². The average molecular weight is 511 g/mol. The van der Waals surface area contributed by atoms with Gasteiger partial charge in [0.1, 0.15) is 0 Å². The van der Waals surface area contributed by atoms with Gasteiger partial charge in [-0.05, 0) is 59.2 Å². The quantitative estimate of drug-likeness (QED) is 0.338. The van der Waals surface area contributed by atoms with Gasteiger partial charge in [0.25, 0.3) is 0 Å². The molecule has 0 saturated heterocycles. The Kier molecular flexibility index (Phi) is 6.80. The fourth-order valence-electron chi connectivity index (χ4n) is 4.54. The molecule has 0 fully saturated rings. The lowest BCUT2D eigenvalue weighted by atomic mass is 10.0. The highest BCUT2D eigenvalue weighted by molar-refractivity contribution is 6.31. The summed E-state index contributed by atoms with van der Waals surface area (Å²) in [6.45, 7) is 2.08. The molecule has 5 rings (SSSR count). The minimum absolute atomic E-state index is 0.168. The molecule has 1 amide bonds. The zero-order valence-corrected chi connectivity index (χ0v) is 19.9. The Morgan fingerprint density at radius 2 is 1.94 bits per heavy atom. The van der Waals surface area contributed by atoms with Crippen LogP contribution < -0.4 is 5.32 Å². The van der Waals surface area contributed by atoms with Crippen molar-refractivity contribution in [2.45, 2.75) is 19.5 Å². The van der Waals surface area contributed by atoms with Crippen LogP contribution in [0.2, 0.25) is 5.02 Å². The summed E-state index contributed by atoms with van der Waals surface area (Å²) in [6.07, 6.45) is 5.66. The highest BCUT2D eigenvalue weighted by atomic mass is 35.5. The molecule has 0 spiro atoms. The van der Waals surface area contributed by atoms with Gasteiger partial charge in [0.2, 0.25) is 5.95 Å². The first-order valence-corrected chi connectivity index (χ1v) is 11.8. The zero-order chi connectivity index (χ0) is 25.2. The first-order chi connectivity index (χ1) is 17.4. The van der Waals surface area contributed by atoms with Crippen molar-refractivity contribution in [2.75, 3.05) is 13.1 Å². The zero-order valence-electron chi connectivity index (χ0n) is 19.1. The maximum Gasteiger partial charge on any atom is 0.326 e. The van der Waals surface area contributed by atoms with E-state index in [1.807, 2.05) is 18.2 Å². The van der Waals surface area contributed by atoms with Crippen LogP contribution in [0.15, 0.2) is 60.8 Å². The number of pyridine rings is 1. The number of carbonyl (C=O) groups excluding carboxylic acids is 1. The molecule has 0 radical (unpaired) electrons. The van der Waals surface area contributed by atoms with E-state index in [1.54, 1.807) is 22.8 Å². The van der Waals surface area contributed by atoms with Crippen LogP contribution in [-0.2, 0) is 19.5 Å². The maximum absolute atomic E-state index is 13.5. The number of carbonyl (C=O) groups is 1. The summed E-state index contributed by atoms with van der Waals surface area (Å²) in [5.41, 5.74) is 3.88. The van der Waals surface area contributed by atoms with E-state index >= 15 is 0 Å². The number of halogens is 4. The minimum Gasteiger partial charge on any atom is -0.333 e. The molecule has 1 N–H and O–H groups in total. The van der Waals surface area contributed by atoms with Gasteiger partial charge in [-0.25, -0.2) is 18.6 Å². The summed E-state index contributed by atoms with van der Waals surface area (Å²) in [4.78, 5) is 19.0. The monoisotopic (exact) mass is 510 g/mol. The van der Waals surface area contributed by atoms with Gasteiger partial charge >= 0.3 is 6.03 Å². The molecule has 9 heteroatoms. The van der Waals surface area contributed by atoms with E-state index in [1.165, 1.54) is 18.3 Å². The smallest absolute Gasteiger partial charge is 0.326 e. The van der Waals surface area contributed by atoms with Crippen molar-refractivity contribution in [1.29, 1.82) is 0 Å². The molecule has 1 aliphatic rings. The summed E-state index contributed by atoms with van der Waals surface area (Å²) in [5, 5.41) is 4.35. The molecular formula is C27H22ClF3N4O. The molecule has 1 aliphatic heterocycles. The predicted octanol–water partition coefficient (Wildman–Crippen LogP) is 5.94. The normalized spacial score (nSPS) is 13.9. The third-order valence-electron chi connectivity index (χ3n) is 6.24. The van der Waals surface area contributed by atoms with Gasteiger partial charge in [0, 0.05) is 54.9 Å². The number of nitrogens with one attached hydrogen (secondary N) is 1. The largest absolute Gasteiger partial charge is 0.333 e. The van der Waals surface area contributed by atoms with Crippen LogP contribution in [0.1, 0.15) is 22.4 Å². The molecule has 5 nitrogen and oxygen atoms in total. The van der Waals surface area contributed by atoms with Gasteiger partial charge in [-0.2, -0.15) is 4.39 Å². The summed E-state index contributed by atoms with van der Waals surface area (Å²) < 4.78 is 41.7. The lowest BCUT2D eigenvalue weighted by Crippen LogP contribution is -2.34. The Morgan fingerprint density at radius 3 is 2.75 bits per heavy atom. The minimum atomic E-state index is -0.878. The molecule has 0 aliphatic carbocycles. The molecule has 2 aromatic carbocycles. The van der Waals surface area contributed by atoms with Gasteiger partial charge in [-0.3, -0.25) is 9.47 Å². The Bertz CT molecular complexity index is 1480. The molecule has 36 heavy (non-hydrogen) atoms. The summed E-state index contributed by atoms with van der Waals surface area (Å²) in [6, 6.07) is 11.9. The van der Waals surface area contributed by atoms with Crippen LogP contribution >= 0.6 is 11.6 Å². The summed E-state index contributed by atoms with van der Waals surface area (Å²) in [7, 11) is 0. The lowest BCUT2D eigenvalue weighted by Gasteiger charge is -2.27. The summed E-state index contributed by atoms with van der Waals surface area (Å²) in [5.74, 6) is -2.35. The Labute approximate surface area is 210 Å². The van der Waals surface area contributed by atoms with Crippen molar-refractivity contribution in [3.8, 4) is 0 Å². The van der Waals surface area contributed by atoms with E-state index in [0.717, 1.165) is 34.3 Å². The van der Waals surface area contributed by atoms with Crippen molar-refractivity contribution < 1.29 is 18.0 Å². The highest BCUT2D eigenvalue weighted by Crippen LogP contribution is 2.32. The Morgan fingerprint density at radius 1 is 1.08 bits per heavy atom. The molecule has 0 atom stereocenters. The molecular weight excluding hydrogens is 489 g/mol. The maximum atomic E-state index is 13.5. The molecule has 2 aromatic heterocycles. The van der Waals surface area contributed by atoms with Crippen LogP contribution in [0.5, 0.6) is 0 Å². The average Bonchev–Trinajstić information content (AvgIpc) is 3.18. The van der Waals surface area contributed by atoms with Gasteiger partial charge in [-0.15, -0.1) is 0 Å². The van der Waals surface area contributed by atoms with Gasteiger partial charge in [-0.1, -0.05) is 29.8 Å². The highest BCUT2D eigenvalue weighted by Gasteiger charge is 2.26. The van der Waals surface area contributed by atoms with Crippen molar-refractivity contribution in [3.05, 3.63) is 106 Å². The second kappa shape index (κ2) is 10.2. The fourth-order valence-corrected chi connectivity index (χ4v) is 4.71. The third kappa shape index (κ3) is 5.01. The van der Waals surface area contributed by atoms with Crippen LogP contribution in [-0.4, -0.2) is 33.6 Å². The first-order valence-electron chi connectivity index (χ1n) is 11.4. The van der Waals surface area contributed by atoms with Crippen molar-refractivity contribution in [2.24, 2.45) is 0 Å². The van der Waals surface area contributed by atoms with Gasteiger partial charge < -0.3 is 5.32 Å². The standard InChI is InChI=1S/C27H22ClF3N4O/c28-19-4-6-24-20(14-19)21-16-34(10-1-2-17-3-5-22(29)23(30)12-17)11-8-25(21)35(24)27(36)33-15-18-7-9-32-26(31)13-18/h1-7,9,12-14H,8,10-11,15-16H2,(H,33,36). The van der Waals surface area contributed by atoms with Crippen LogP contribution in [0.3, 0.4) is 0 Å². The second-order valence-corrected chi connectivity index (χ2v) is 9.07. The molecule has 4 aromatic rings. The molecule has 3 heterocycles. The van der Waals surface area contributed by atoms with E-state index in [4.69, 9.17) is 11.6 Å². The number of hydrogen-bond acceptors (Lipinski definition) is 3. The Hall–Kier alpha value is -3.62. The second-order valence-electron chi connectivity index (χ2n) is 8.63. The number of aromatic nitrogens is 2. The number of amides is 1. The van der Waals surface area contributed by atoms with E-state index in [9.17, 15) is 18.0 Å². The van der Waals surface area contributed by atoms with Crippen LogP contribution in [0, 0.1) is 17.6 Å². The Balaban J connectivity index is 1.36. The molecule has 0 unspecified atom stereocenters. The molecule has 0 saturated carbocycles. The number of fused-ring (bicyclic) bond motifs is 3. The van der Waals surface area contributed by atoms with Crippen LogP contribution in [0.4, 0.5) is 18.0 Å².